The number of thiophene rings is 1. The second-order valence-electron chi connectivity index (χ2n) is 6.90. The molecule has 2 aromatic heterocycles. The summed E-state index contributed by atoms with van der Waals surface area (Å²) in [5.74, 6) is -1.34. The van der Waals surface area contributed by atoms with Gasteiger partial charge in [0.05, 0.1) is 13.1 Å². The maximum atomic E-state index is 12.8. The summed E-state index contributed by atoms with van der Waals surface area (Å²) in [5.41, 5.74) is 5.50. The number of alkyl halides is 3. The van der Waals surface area contributed by atoms with Crippen molar-refractivity contribution < 1.29 is 41.3 Å². The predicted octanol–water partition coefficient (Wildman–Crippen LogP) is 3.29. The Morgan fingerprint density at radius 3 is 2.49 bits per heavy atom. The highest BCUT2D eigenvalue weighted by molar-refractivity contribution is 7.15. The molecule has 3 N–H and O–H groups in total. The van der Waals surface area contributed by atoms with Gasteiger partial charge in [-0.25, -0.2) is 14.3 Å². The summed E-state index contributed by atoms with van der Waals surface area (Å²) in [4.78, 5) is 23.2. The van der Waals surface area contributed by atoms with E-state index in [0.717, 1.165) is 25.7 Å². The fourth-order valence-corrected chi connectivity index (χ4v) is 3.81. The van der Waals surface area contributed by atoms with Gasteiger partial charge in [-0.05, 0) is 35.9 Å². The van der Waals surface area contributed by atoms with Crippen molar-refractivity contribution in [1.29, 1.82) is 0 Å². The molecule has 9 nitrogen and oxygen atoms in total. The first-order chi connectivity index (χ1) is 16.5. The van der Waals surface area contributed by atoms with Gasteiger partial charge in [0.2, 0.25) is 6.79 Å². The van der Waals surface area contributed by atoms with Gasteiger partial charge in [0.25, 0.3) is 6.08 Å². The van der Waals surface area contributed by atoms with Crippen molar-refractivity contribution in [2.24, 2.45) is 5.73 Å². The van der Waals surface area contributed by atoms with Crippen LogP contribution in [0.3, 0.4) is 0 Å². The third-order valence-corrected chi connectivity index (χ3v) is 5.66. The summed E-state index contributed by atoms with van der Waals surface area (Å²) < 4.78 is 70.3. The second kappa shape index (κ2) is 10.7. The molecule has 1 aliphatic heterocycles. The standard InChI is InChI=1S/C18H16F2N4O3S.C2HF3O2/c19-17(20)12(6-21)7-24-18(25)23(9-22-24)8-13-2-4-16(28-13)11-1-3-14-15(5-11)27-10-26-14;3-2(4,5)1(6)7/h1-5,9H,6-8,10,21H2;(H,6,7). The van der Waals surface area contributed by atoms with Crippen LogP contribution >= 0.6 is 11.3 Å². The first kappa shape index (κ1) is 25.9. The monoisotopic (exact) mass is 520 g/mol. The van der Waals surface area contributed by atoms with Crippen LogP contribution in [0, 0.1) is 0 Å². The van der Waals surface area contributed by atoms with Gasteiger partial charge in [-0.15, -0.1) is 11.3 Å². The summed E-state index contributed by atoms with van der Waals surface area (Å²) in [6.07, 6.45) is -5.62. The molecule has 0 amide bonds. The Balaban J connectivity index is 0.000000429. The van der Waals surface area contributed by atoms with Crippen molar-refractivity contribution in [3.63, 3.8) is 0 Å². The molecule has 0 aliphatic carbocycles. The zero-order valence-corrected chi connectivity index (χ0v) is 18.4. The van der Waals surface area contributed by atoms with Crippen molar-refractivity contribution in [3.8, 4) is 21.9 Å². The predicted molar refractivity (Wildman–Crippen MR) is 113 cm³/mol. The minimum Gasteiger partial charge on any atom is -0.475 e. The number of benzene rings is 1. The number of fused-ring (bicyclic) bond motifs is 1. The summed E-state index contributed by atoms with van der Waals surface area (Å²) in [6.45, 7) is -0.133. The van der Waals surface area contributed by atoms with Crippen LogP contribution in [-0.2, 0) is 17.9 Å². The van der Waals surface area contributed by atoms with Crippen LogP contribution in [0.15, 0.2) is 53.1 Å². The molecule has 0 radical (unpaired) electrons. The van der Waals surface area contributed by atoms with Gasteiger partial charge >= 0.3 is 17.8 Å². The number of nitrogens with zero attached hydrogens (tertiary/aromatic N) is 3. The van der Waals surface area contributed by atoms with Crippen molar-refractivity contribution in [3.05, 3.63) is 63.7 Å². The van der Waals surface area contributed by atoms with Gasteiger partial charge < -0.3 is 20.3 Å². The lowest BCUT2D eigenvalue weighted by Gasteiger charge is -2.02. The van der Waals surface area contributed by atoms with Crippen LogP contribution in [-0.4, -0.2) is 44.9 Å². The van der Waals surface area contributed by atoms with E-state index in [1.807, 2.05) is 30.3 Å². The Kier molecular flexibility index (Phi) is 7.91. The number of aromatic nitrogens is 3. The molecule has 0 unspecified atom stereocenters. The van der Waals surface area contributed by atoms with Crippen LogP contribution in [0.1, 0.15) is 4.88 Å². The van der Waals surface area contributed by atoms with Crippen molar-refractivity contribution >= 4 is 17.3 Å². The largest absolute Gasteiger partial charge is 0.490 e. The van der Waals surface area contributed by atoms with Gasteiger partial charge in [0.1, 0.15) is 6.33 Å². The number of hydrogen-bond acceptors (Lipinski definition) is 7. The Hall–Kier alpha value is -3.72. The molecular weight excluding hydrogens is 503 g/mol. The molecule has 4 rings (SSSR count). The van der Waals surface area contributed by atoms with Crippen molar-refractivity contribution in [2.75, 3.05) is 13.3 Å². The fourth-order valence-electron chi connectivity index (χ4n) is 2.81. The molecule has 0 saturated heterocycles. The number of nitrogens with two attached hydrogens (primary N) is 1. The topological polar surface area (TPSA) is 122 Å². The highest BCUT2D eigenvalue weighted by atomic mass is 32.1. The van der Waals surface area contributed by atoms with Gasteiger partial charge in [0, 0.05) is 21.9 Å². The Morgan fingerprint density at radius 2 is 1.86 bits per heavy atom. The van der Waals surface area contributed by atoms with Crippen LogP contribution in [0.25, 0.3) is 10.4 Å². The number of aliphatic carboxylic acids is 1. The lowest BCUT2D eigenvalue weighted by molar-refractivity contribution is -0.192. The molecule has 3 aromatic rings. The SMILES string of the molecule is NCC(Cn1ncn(Cc2ccc(-c3ccc4c(c3)OCO4)s2)c1=O)=C(F)F.O=C(O)C(F)(F)F. The van der Waals surface area contributed by atoms with Crippen molar-refractivity contribution in [2.45, 2.75) is 19.3 Å². The molecule has 1 aromatic carbocycles. The highest BCUT2D eigenvalue weighted by Crippen LogP contribution is 2.38. The summed E-state index contributed by atoms with van der Waals surface area (Å²) in [5, 5.41) is 11.0. The van der Waals surface area contributed by atoms with E-state index < -0.39 is 23.9 Å². The third-order valence-electron chi connectivity index (χ3n) is 4.54. The molecule has 0 spiro atoms. The molecule has 0 bridgehead atoms. The Morgan fingerprint density at radius 1 is 1.17 bits per heavy atom. The van der Waals surface area contributed by atoms with Crippen LogP contribution < -0.4 is 20.9 Å². The number of carboxylic acid groups (broad SMARTS) is 1. The molecule has 0 atom stereocenters. The van der Waals surface area contributed by atoms with E-state index in [4.69, 9.17) is 25.1 Å². The van der Waals surface area contributed by atoms with E-state index in [9.17, 15) is 26.7 Å². The summed E-state index contributed by atoms with van der Waals surface area (Å²) in [6, 6.07) is 9.59. The molecule has 15 heteroatoms. The summed E-state index contributed by atoms with van der Waals surface area (Å²) in [7, 11) is 0. The maximum absolute atomic E-state index is 12.8. The van der Waals surface area contributed by atoms with E-state index in [2.05, 4.69) is 5.10 Å². The van der Waals surface area contributed by atoms with E-state index in [0.29, 0.717) is 12.3 Å². The van der Waals surface area contributed by atoms with Gasteiger partial charge in [0.15, 0.2) is 11.5 Å². The normalized spacial score (nSPS) is 12.2. The Bertz CT molecular complexity index is 1290. The van der Waals surface area contributed by atoms with Crippen LogP contribution in [0.5, 0.6) is 11.5 Å². The minimum absolute atomic E-state index is 0.217. The first-order valence-electron chi connectivity index (χ1n) is 9.63. The highest BCUT2D eigenvalue weighted by Gasteiger charge is 2.38. The second-order valence-corrected chi connectivity index (χ2v) is 8.07. The fraction of sp³-hybridized carbons (Fsp3) is 0.250. The maximum Gasteiger partial charge on any atom is 0.490 e. The average molecular weight is 520 g/mol. The van der Waals surface area contributed by atoms with E-state index in [1.54, 1.807) is 0 Å². The van der Waals surface area contributed by atoms with Crippen LogP contribution in [0.4, 0.5) is 22.0 Å². The molecule has 3 heterocycles. The molecular formula is C20H17F5N4O5S. The molecule has 0 fully saturated rings. The van der Waals surface area contributed by atoms with Gasteiger partial charge in [-0.3, -0.25) is 4.57 Å². The minimum atomic E-state index is -5.08. The zero-order chi connectivity index (χ0) is 25.8. The van der Waals surface area contributed by atoms with Gasteiger partial charge in [-0.2, -0.15) is 27.1 Å². The Labute approximate surface area is 197 Å². The molecule has 0 saturated carbocycles. The number of halogens is 5. The lowest BCUT2D eigenvalue weighted by Crippen LogP contribution is -2.27. The number of rotatable bonds is 6. The average Bonchev–Trinajstić information content (AvgIpc) is 3.53. The zero-order valence-electron chi connectivity index (χ0n) is 17.6. The number of ether oxygens (including phenoxy) is 2. The van der Waals surface area contributed by atoms with Gasteiger partial charge in [-0.1, -0.05) is 0 Å². The molecule has 35 heavy (non-hydrogen) atoms. The van der Waals surface area contributed by atoms with E-state index in [1.165, 1.54) is 22.2 Å². The number of carboxylic acids is 1. The van der Waals surface area contributed by atoms with Crippen molar-refractivity contribution in [1.82, 2.24) is 14.3 Å². The number of hydrogen-bond donors (Lipinski definition) is 2. The lowest BCUT2D eigenvalue weighted by atomic mass is 10.1. The number of carbonyl (C=O) groups is 1. The quantitative estimate of drug-likeness (QED) is 0.479. The van der Waals surface area contributed by atoms with Crippen LogP contribution in [0.2, 0.25) is 0 Å². The molecule has 1 aliphatic rings. The van der Waals surface area contributed by atoms with E-state index >= 15 is 0 Å². The first-order valence-corrected chi connectivity index (χ1v) is 10.5. The molecule has 188 valence electrons. The third kappa shape index (κ3) is 6.45. The smallest absolute Gasteiger partial charge is 0.475 e. The summed E-state index contributed by atoms with van der Waals surface area (Å²) >= 11 is 1.53. The van der Waals surface area contributed by atoms with E-state index in [-0.39, 0.29) is 25.5 Å².